The van der Waals surface area contributed by atoms with Crippen molar-refractivity contribution in [1.82, 2.24) is 14.8 Å². The Morgan fingerprint density at radius 3 is 2.03 bits per heavy atom. The molecule has 0 aliphatic heterocycles. The molecule has 7 heteroatoms. The number of hydrogen-bond acceptors (Lipinski definition) is 2. The highest BCUT2D eigenvalue weighted by Crippen LogP contribution is 2.34. The Labute approximate surface area is 161 Å². The molecule has 29 heavy (non-hydrogen) atoms. The second-order valence-electron chi connectivity index (χ2n) is 6.55. The number of pyridine rings is 1. The number of fused-ring (bicyclic) bond motifs is 3. The smallest absolute Gasteiger partial charge is 0.152 e. The van der Waals surface area contributed by atoms with Crippen LogP contribution in [0, 0.1) is 23.3 Å². The fourth-order valence-electron chi connectivity index (χ4n) is 3.41. The number of halogens is 4. The van der Waals surface area contributed by atoms with Crippen LogP contribution >= 0.6 is 0 Å². The molecule has 3 aromatic carbocycles. The van der Waals surface area contributed by atoms with Gasteiger partial charge in [-0.3, -0.25) is 4.98 Å². The summed E-state index contributed by atoms with van der Waals surface area (Å²) in [5, 5.41) is 5.34. The second-order valence-corrected chi connectivity index (χ2v) is 6.55. The first-order valence-electron chi connectivity index (χ1n) is 8.69. The Bertz CT molecular complexity index is 1370. The van der Waals surface area contributed by atoms with E-state index >= 15 is 0 Å². The van der Waals surface area contributed by atoms with Gasteiger partial charge in [-0.05, 0) is 54.6 Å². The molecule has 0 unspecified atom stereocenters. The van der Waals surface area contributed by atoms with Crippen molar-refractivity contribution in [1.29, 1.82) is 0 Å². The zero-order valence-corrected chi connectivity index (χ0v) is 14.7. The summed E-state index contributed by atoms with van der Waals surface area (Å²) >= 11 is 0. The van der Waals surface area contributed by atoms with Crippen LogP contribution in [0.3, 0.4) is 0 Å². The van der Waals surface area contributed by atoms with Crippen LogP contribution in [0.1, 0.15) is 0 Å². The molecule has 0 fully saturated rings. The van der Waals surface area contributed by atoms with Crippen LogP contribution in [0.25, 0.3) is 38.8 Å². The normalized spacial score (nSPS) is 11.4. The van der Waals surface area contributed by atoms with Crippen molar-refractivity contribution in [3.05, 3.63) is 90.1 Å². The van der Waals surface area contributed by atoms with Gasteiger partial charge in [0.1, 0.15) is 28.7 Å². The van der Waals surface area contributed by atoms with E-state index in [1.54, 1.807) is 12.1 Å². The first-order chi connectivity index (χ1) is 14.0. The molecule has 5 aromatic rings. The highest BCUT2D eigenvalue weighted by Gasteiger charge is 2.19. The summed E-state index contributed by atoms with van der Waals surface area (Å²) in [5.41, 5.74) is 1.98. The first kappa shape index (κ1) is 17.4. The molecule has 3 nitrogen and oxygen atoms in total. The van der Waals surface area contributed by atoms with Crippen LogP contribution < -0.4 is 0 Å². The van der Waals surface area contributed by atoms with Crippen molar-refractivity contribution >= 4 is 21.8 Å². The Morgan fingerprint density at radius 1 is 0.690 bits per heavy atom. The van der Waals surface area contributed by atoms with Crippen LogP contribution in [0.4, 0.5) is 17.6 Å². The van der Waals surface area contributed by atoms with Gasteiger partial charge >= 0.3 is 0 Å². The van der Waals surface area contributed by atoms with E-state index in [9.17, 15) is 17.6 Å². The lowest BCUT2D eigenvalue weighted by Crippen LogP contribution is -1.98. The molecule has 0 atom stereocenters. The summed E-state index contributed by atoms with van der Waals surface area (Å²) < 4.78 is 56.6. The minimum Gasteiger partial charge on any atom is -0.252 e. The minimum atomic E-state index is -0.794. The predicted octanol–water partition coefficient (Wildman–Crippen LogP) is 5.80. The van der Waals surface area contributed by atoms with Crippen LogP contribution in [-0.2, 0) is 0 Å². The van der Waals surface area contributed by atoms with Gasteiger partial charge < -0.3 is 0 Å². The average Bonchev–Trinajstić information content (AvgIpc) is 3.09. The maximum absolute atomic E-state index is 14.3. The van der Waals surface area contributed by atoms with E-state index in [1.807, 2.05) is 0 Å². The molecule has 0 bridgehead atoms. The van der Waals surface area contributed by atoms with E-state index < -0.39 is 23.3 Å². The van der Waals surface area contributed by atoms with Crippen molar-refractivity contribution in [2.45, 2.75) is 0 Å². The summed E-state index contributed by atoms with van der Waals surface area (Å²) in [6.07, 6.45) is 1.45. The van der Waals surface area contributed by atoms with Gasteiger partial charge in [0, 0.05) is 28.6 Å². The van der Waals surface area contributed by atoms with Crippen LogP contribution in [0.5, 0.6) is 0 Å². The largest absolute Gasteiger partial charge is 0.252 e. The Kier molecular flexibility index (Phi) is 3.84. The minimum absolute atomic E-state index is 0.00665. The van der Waals surface area contributed by atoms with Gasteiger partial charge in [0.25, 0.3) is 0 Å². The van der Waals surface area contributed by atoms with Gasteiger partial charge in [-0.25, -0.2) is 22.2 Å². The van der Waals surface area contributed by atoms with Crippen molar-refractivity contribution < 1.29 is 17.6 Å². The summed E-state index contributed by atoms with van der Waals surface area (Å²) in [7, 11) is 0. The molecule has 5 rings (SSSR count). The number of benzene rings is 3. The van der Waals surface area contributed by atoms with Crippen molar-refractivity contribution in [2.24, 2.45) is 0 Å². The van der Waals surface area contributed by atoms with E-state index in [1.165, 1.54) is 53.3 Å². The highest BCUT2D eigenvalue weighted by atomic mass is 19.1. The Hall–Kier alpha value is -3.74. The van der Waals surface area contributed by atoms with Gasteiger partial charge in [0.05, 0.1) is 11.2 Å². The molecular formula is C22H11F4N3. The molecular weight excluding hydrogens is 382 g/mol. The van der Waals surface area contributed by atoms with Crippen LogP contribution in [0.15, 0.2) is 66.9 Å². The van der Waals surface area contributed by atoms with Gasteiger partial charge in [-0.1, -0.05) is 0 Å². The predicted molar refractivity (Wildman–Crippen MR) is 102 cm³/mol. The van der Waals surface area contributed by atoms with Crippen LogP contribution in [-0.4, -0.2) is 14.8 Å². The number of nitrogens with zero attached hydrogens (tertiary/aromatic N) is 3. The molecule has 0 radical (unpaired) electrons. The summed E-state index contributed by atoms with van der Waals surface area (Å²) in [4.78, 5) is 4.15. The molecule has 0 N–H and O–H groups in total. The highest BCUT2D eigenvalue weighted by molar-refractivity contribution is 6.08. The molecule has 0 aliphatic carbocycles. The zero-order valence-electron chi connectivity index (χ0n) is 14.7. The van der Waals surface area contributed by atoms with Crippen LogP contribution in [0.2, 0.25) is 0 Å². The summed E-state index contributed by atoms with van der Waals surface area (Å²) in [6, 6.07) is 13.2. The lowest BCUT2D eigenvalue weighted by Gasteiger charge is -2.06. The van der Waals surface area contributed by atoms with E-state index in [0.29, 0.717) is 27.8 Å². The molecule has 0 spiro atoms. The zero-order chi connectivity index (χ0) is 20.1. The Morgan fingerprint density at radius 2 is 1.34 bits per heavy atom. The monoisotopic (exact) mass is 393 g/mol. The van der Waals surface area contributed by atoms with Crippen molar-refractivity contribution in [2.75, 3.05) is 0 Å². The van der Waals surface area contributed by atoms with Gasteiger partial charge in [-0.15, -0.1) is 0 Å². The fourth-order valence-corrected chi connectivity index (χ4v) is 3.41. The molecule has 142 valence electrons. The van der Waals surface area contributed by atoms with Crippen molar-refractivity contribution in [3.63, 3.8) is 0 Å². The summed E-state index contributed by atoms with van der Waals surface area (Å²) in [5.74, 6) is -2.37. The van der Waals surface area contributed by atoms with Crippen molar-refractivity contribution in [3.8, 4) is 16.9 Å². The lowest BCUT2D eigenvalue weighted by atomic mass is 10.1. The standard InChI is InChI=1S/C22H11F4N3/c23-13-3-1-12(2-4-13)20-18-11-27-21-17(9-15(25)10-19(21)26)22(18)29(28-20)16-7-5-14(24)6-8-16/h1-11H. The molecule has 0 saturated heterocycles. The maximum Gasteiger partial charge on any atom is 0.152 e. The quantitative estimate of drug-likeness (QED) is 0.355. The van der Waals surface area contributed by atoms with Gasteiger partial charge in [0.15, 0.2) is 5.82 Å². The van der Waals surface area contributed by atoms with Gasteiger partial charge in [-0.2, -0.15) is 5.10 Å². The number of rotatable bonds is 2. The number of hydrogen-bond donors (Lipinski definition) is 0. The van der Waals surface area contributed by atoms with Gasteiger partial charge in [0.2, 0.25) is 0 Å². The molecule has 0 saturated carbocycles. The van der Waals surface area contributed by atoms with E-state index in [2.05, 4.69) is 10.1 Å². The third kappa shape index (κ3) is 2.82. The molecule has 2 aromatic heterocycles. The van der Waals surface area contributed by atoms with E-state index in [0.717, 1.165) is 6.07 Å². The topological polar surface area (TPSA) is 30.7 Å². The Balaban J connectivity index is 1.92. The summed E-state index contributed by atoms with van der Waals surface area (Å²) in [6.45, 7) is 0. The molecule has 0 aliphatic rings. The average molecular weight is 393 g/mol. The second kappa shape index (κ2) is 6.41. The first-order valence-corrected chi connectivity index (χ1v) is 8.69. The third-order valence-corrected chi connectivity index (χ3v) is 4.72. The third-order valence-electron chi connectivity index (χ3n) is 4.72. The number of aromatic nitrogens is 3. The fraction of sp³-hybridized carbons (Fsp3) is 0. The molecule has 2 heterocycles. The lowest BCUT2D eigenvalue weighted by molar-refractivity contribution is 0.590. The SMILES string of the molecule is Fc1ccc(-c2nn(-c3ccc(F)cc3)c3c2cnc2c(F)cc(F)cc23)cc1. The van der Waals surface area contributed by atoms with E-state index in [-0.39, 0.29) is 10.9 Å². The van der Waals surface area contributed by atoms with E-state index in [4.69, 9.17) is 0 Å². The molecule has 0 amide bonds. The maximum atomic E-state index is 14.3.